The van der Waals surface area contributed by atoms with Gasteiger partial charge in [0.2, 0.25) is 0 Å². The molecule has 0 saturated carbocycles. The Balaban J connectivity index is 5.19. The van der Waals surface area contributed by atoms with Crippen molar-refractivity contribution < 1.29 is 62.1 Å². The van der Waals surface area contributed by atoms with Gasteiger partial charge in [-0.1, -0.05) is 172 Å². The van der Waals surface area contributed by atoms with Gasteiger partial charge in [-0.05, 0) is 232 Å². The maximum absolute atomic E-state index is 12.9. The molecule has 0 atom stereocenters. The molecule has 590 valence electrons. The zero-order chi connectivity index (χ0) is 73.3. The molecule has 1 N–H and O–H groups in total. The van der Waals surface area contributed by atoms with Crippen LogP contribution < -0.4 is 0 Å². The van der Waals surface area contributed by atoms with Crippen molar-refractivity contribution in [3.8, 4) is 0 Å². The molecule has 0 unspecified atom stereocenters. The maximum Gasteiger partial charge on any atom is 0.305 e. The SMILES string of the molecule is CC/C=C\CCCCOC(CCC(=O)OCCCCCCCN(CCO)CCCN(CCCCCCCOC(=O)CCC(OCCCC/C=C\CC)OCCCC/C=C\CC)CCCCCCCOC(=O)CCC(OCCCC/C=C\CC)OCCCC/C=C\CC)OCCCC/C=C\CC. The quantitative estimate of drug-likeness (QED) is 0.0201. The van der Waals surface area contributed by atoms with Gasteiger partial charge in [0.15, 0.2) is 18.9 Å². The summed E-state index contributed by atoms with van der Waals surface area (Å²) >= 11 is 0. The molecular weight excluding hydrogens is 1270 g/mol. The number of rotatable bonds is 81. The number of hydrogen-bond acceptors (Lipinski definition) is 15. The third kappa shape index (κ3) is 74.6. The third-order valence-corrected chi connectivity index (χ3v) is 17.6. The molecule has 0 aliphatic heterocycles. The van der Waals surface area contributed by atoms with Gasteiger partial charge in [-0.25, -0.2) is 0 Å². The lowest BCUT2D eigenvalue weighted by Gasteiger charge is -2.26. The van der Waals surface area contributed by atoms with E-state index in [0.717, 1.165) is 290 Å². The van der Waals surface area contributed by atoms with Gasteiger partial charge >= 0.3 is 17.9 Å². The number of aliphatic hydroxyl groups is 1. The number of hydrogen-bond donors (Lipinski definition) is 1. The number of aliphatic hydroxyl groups excluding tert-OH is 1. The van der Waals surface area contributed by atoms with Gasteiger partial charge in [0.25, 0.3) is 0 Å². The minimum Gasteiger partial charge on any atom is -0.466 e. The number of esters is 3. The van der Waals surface area contributed by atoms with Crippen LogP contribution in [0.25, 0.3) is 0 Å². The second-order valence-corrected chi connectivity index (χ2v) is 27.1. The first-order valence-electron chi connectivity index (χ1n) is 41.9. The van der Waals surface area contributed by atoms with Gasteiger partial charge in [0, 0.05) is 65.4 Å². The van der Waals surface area contributed by atoms with Crippen LogP contribution in [-0.2, 0) is 57.0 Å². The van der Waals surface area contributed by atoms with Crippen molar-refractivity contribution in [2.45, 2.75) is 356 Å². The summed E-state index contributed by atoms with van der Waals surface area (Å²) in [5.74, 6) is -0.536. The van der Waals surface area contributed by atoms with Crippen LogP contribution in [-0.4, -0.2) is 157 Å². The van der Waals surface area contributed by atoms with E-state index in [-0.39, 0.29) is 43.4 Å². The van der Waals surface area contributed by atoms with Crippen molar-refractivity contribution in [2.24, 2.45) is 0 Å². The monoisotopic (exact) mass is 1430 g/mol. The summed E-state index contributed by atoms with van der Waals surface area (Å²) < 4.78 is 53.8. The lowest BCUT2D eigenvalue weighted by Crippen LogP contribution is -2.33. The van der Waals surface area contributed by atoms with Gasteiger partial charge in [-0.15, -0.1) is 0 Å². The van der Waals surface area contributed by atoms with Crippen LogP contribution in [0.3, 0.4) is 0 Å². The Morgan fingerprint density at radius 2 is 0.465 bits per heavy atom. The van der Waals surface area contributed by atoms with Gasteiger partial charge in [-0.2, -0.15) is 0 Å². The molecule has 0 aliphatic rings. The molecule has 15 nitrogen and oxygen atoms in total. The van der Waals surface area contributed by atoms with E-state index in [1.807, 2.05) is 0 Å². The van der Waals surface area contributed by atoms with E-state index in [1.165, 1.54) is 0 Å². The first-order valence-corrected chi connectivity index (χ1v) is 41.9. The Morgan fingerprint density at radius 1 is 0.257 bits per heavy atom. The van der Waals surface area contributed by atoms with Crippen LogP contribution in [0.4, 0.5) is 0 Å². The highest BCUT2D eigenvalue weighted by Crippen LogP contribution is 2.17. The normalized spacial score (nSPS) is 12.4. The molecule has 101 heavy (non-hydrogen) atoms. The molecule has 0 spiro atoms. The largest absolute Gasteiger partial charge is 0.466 e. The Kier molecular flexibility index (Phi) is 79.3. The Bertz CT molecular complexity index is 1770. The van der Waals surface area contributed by atoms with Crippen LogP contribution in [0.15, 0.2) is 72.9 Å². The first-order chi connectivity index (χ1) is 49.8. The molecule has 0 amide bonds. The Labute approximate surface area is 620 Å². The molecule has 0 bridgehead atoms. The van der Waals surface area contributed by atoms with Crippen LogP contribution in [0, 0.1) is 0 Å². The highest BCUT2D eigenvalue weighted by atomic mass is 16.7. The van der Waals surface area contributed by atoms with Gasteiger partial charge < -0.3 is 57.5 Å². The summed E-state index contributed by atoms with van der Waals surface area (Å²) in [4.78, 5) is 43.5. The summed E-state index contributed by atoms with van der Waals surface area (Å²) in [6.07, 6.45) is 69.7. The molecule has 0 fully saturated rings. The summed E-state index contributed by atoms with van der Waals surface area (Å²) in [6.45, 7) is 23.9. The highest BCUT2D eigenvalue weighted by Gasteiger charge is 2.17. The van der Waals surface area contributed by atoms with Crippen LogP contribution in [0.5, 0.6) is 0 Å². The van der Waals surface area contributed by atoms with E-state index >= 15 is 0 Å². The topological polar surface area (TPSA) is 161 Å². The number of carbonyl (C=O) groups is 3. The average Bonchev–Trinajstić information content (AvgIpc) is 2.23. The molecule has 0 heterocycles. The summed E-state index contributed by atoms with van der Waals surface area (Å²) in [5.41, 5.74) is 0. The van der Waals surface area contributed by atoms with E-state index in [1.54, 1.807) is 0 Å². The lowest BCUT2D eigenvalue weighted by molar-refractivity contribution is -0.159. The molecule has 0 aliphatic carbocycles. The number of ether oxygens (including phenoxy) is 9. The van der Waals surface area contributed by atoms with Gasteiger partial charge in [0.05, 0.1) is 45.7 Å². The molecule has 0 aromatic heterocycles. The van der Waals surface area contributed by atoms with E-state index in [2.05, 4.69) is 124 Å². The van der Waals surface area contributed by atoms with Gasteiger partial charge in [-0.3, -0.25) is 14.4 Å². The fourth-order valence-corrected chi connectivity index (χ4v) is 11.5. The van der Waals surface area contributed by atoms with E-state index in [9.17, 15) is 19.5 Å². The van der Waals surface area contributed by atoms with E-state index in [4.69, 9.17) is 42.6 Å². The standard InChI is InChI=1S/C86H158N2O13/c1-7-13-19-25-37-52-75-96-84(97-76-53-38-26-20-14-8-2)62-59-81(90)93-72-49-43-31-34-46-65-87(66-47-35-32-44-50-73-94-82(91)60-63-85(98-77-54-39-27-21-15-9-3)99-78-55-40-28-22-16-10-4)68-58-69-88(70-71-89)67-48-36-33-45-51-74-95-83(92)61-64-86(100-79-56-41-29-23-17-11-5)101-80-57-42-30-24-18-12-6/h13-24,84-86,89H,7-12,25-80H2,1-6H3/b19-13-,20-14-,21-15-,22-16-,23-17-,24-18-. The smallest absolute Gasteiger partial charge is 0.305 e. The van der Waals surface area contributed by atoms with Crippen LogP contribution in [0.2, 0.25) is 0 Å². The van der Waals surface area contributed by atoms with E-state index in [0.29, 0.717) is 105 Å². The molecule has 15 heteroatoms. The van der Waals surface area contributed by atoms with Crippen LogP contribution in [0.1, 0.15) is 337 Å². The van der Waals surface area contributed by atoms with Crippen molar-refractivity contribution in [1.82, 2.24) is 9.80 Å². The second kappa shape index (κ2) is 82.1. The number of carbonyl (C=O) groups excluding carboxylic acids is 3. The molecule has 0 radical (unpaired) electrons. The lowest BCUT2D eigenvalue weighted by atomic mass is 10.1. The fraction of sp³-hybridized carbons (Fsp3) is 0.826. The Hall–Kier alpha value is -3.51. The van der Waals surface area contributed by atoms with Crippen molar-refractivity contribution in [3.05, 3.63) is 72.9 Å². The summed E-state index contributed by atoms with van der Waals surface area (Å²) in [6, 6.07) is 0. The number of nitrogens with zero attached hydrogens (tertiary/aromatic N) is 2. The maximum atomic E-state index is 12.9. The number of unbranched alkanes of at least 4 members (excludes halogenated alkanes) is 24. The molecule has 0 rings (SSSR count). The zero-order valence-electron chi connectivity index (χ0n) is 66.2. The first kappa shape index (κ1) is 97.5. The third-order valence-electron chi connectivity index (χ3n) is 17.6. The minimum absolute atomic E-state index is 0.153. The fourth-order valence-electron chi connectivity index (χ4n) is 11.5. The van der Waals surface area contributed by atoms with Crippen molar-refractivity contribution in [2.75, 3.05) is 105 Å². The molecule has 0 aromatic rings. The molecule has 0 aromatic carbocycles. The minimum atomic E-state index is -0.386. The Morgan fingerprint density at radius 3 is 0.703 bits per heavy atom. The summed E-state index contributed by atoms with van der Waals surface area (Å²) in [5, 5.41) is 10.0. The zero-order valence-corrected chi connectivity index (χ0v) is 66.2. The van der Waals surface area contributed by atoms with E-state index < -0.39 is 0 Å². The van der Waals surface area contributed by atoms with Crippen molar-refractivity contribution >= 4 is 17.9 Å². The number of allylic oxidation sites excluding steroid dienone is 12. The summed E-state index contributed by atoms with van der Waals surface area (Å²) in [7, 11) is 0. The van der Waals surface area contributed by atoms with Crippen LogP contribution >= 0.6 is 0 Å². The highest BCUT2D eigenvalue weighted by molar-refractivity contribution is 5.70. The van der Waals surface area contributed by atoms with Crippen molar-refractivity contribution in [3.63, 3.8) is 0 Å². The molecule has 0 saturated heterocycles. The molecular formula is C86H158N2O13. The predicted molar refractivity (Wildman–Crippen MR) is 421 cm³/mol. The van der Waals surface area contributed by atoms with Crippen molar-refractivity contribution in [1.29, 1.82) is 0 Å². The average molecular weight is 1430 g/mol. The van der Waals surface area contributed by atoms with Gasteiger partial charge in [0.1, 0.15) is 0 Å². The predicted octanol–water partition coefficient (Wildman–Crippen LogP) is 21.7. The second-order valence-electron chi connectivity index (χ2n) is 27.1.